The Labute approximate surface area is 156 Å². The average Bonchev–Trinajstić information content (AvgIpc) is 3.36. The van der Waals surface area contributed by atoms with Gasteiger partial charge < -0.3 is 15.0 Å². The van der Waals surface area contributed by atoms with Gasteiger partial charge in [0, 0.05) is 50.1 Å². The van der Waals surface area contributed by atoms with Crippen LogP contribution in [0.5, 0.6) is 0 Å². The molecule has 0 spiro atoms. The van der Waals surface area contributed by atoms with Gasteiger partial charge in [-0.15, -0.1) is 11.3 Å². The van der Waals surface area contributed by atoms with E-state index in [0.717, 1.165) is 50.7 Å². The lowest BCUT2D eigenvalue weighted by molar-refractivity contribution is 0.0899. The fourth-order valence-corrected chi connectivity index (χ4v) is 4.28. The Morgan fingerprint density at radius 3 is 2.92 bits per heavy atom. The summed E-state index contributed by atoms with van der Waals surface area (Å²) in [5.74, 6) is 0.578. The van der Waals surface area contributed by atoms with E-state index in [1.165, 1.54) is 17.8 Å². The first-order valence-electron chi connectivity index (χ1n) is 9.11. The summed E-state index contributed by atoms with van der Waals surface area (Å²) in [4.78, 5) is 27.7. The third-order valence-electron chi connectivity index (χ3n) is 4.98. The number of piperidine rings is 1. The first-order valence-corrected chi connectivity index (χ1v) is 9.99. The number of likely N-dealkylation sites (tertiary alicyclic amines) is 1. The van der Waals surface area contributed by atoms with Crippen LogP contribution in [-0.2, 0) is 4.74 Å². The van der Waals surface area contributed by atoms with Crippen molar-refractivity contribution in [3.05, 3.63) is 29.7 Å². The van der Waals surface area contributed by atoms with Crippen LogP contribution in [0.1, 0.15) is 29.8 Å². The van der Waals surface area contributed by atoms with Crippen LogP contribution in [0.25, 0.3) is 10.7 Å². The number of aromatic nitrogens is 3. The number of carbonyl (C=O) groups is 1. The SMILES string of the molecule is O=C(NC1CCN(CC2CCOC2)CC1)c1csc(-c2cnccn2)n1. The molecule has 0 aromatic carbocycles. The highest BCUT2D eigenvalue weighted by molar-refractivity contribution is 7.13. The molecule has 1 atom stereocenters. The van der Waals surface area contributed by atoms with E-state index in [4.69, 9.17) is 4.74 Å². The van der Waals surface area contributed by atoms with E-state index in [2.05, 4.69) is 25.2 Å². The van der Waals surface area contributed by atoms with Gasteiger partial charge in [0.15, 0.2) is 0 Å². The predicted octanol–water partition coefficient (Wildman–Crippen LogP) is 1.83. The first kappa shape index (κ1) is 17.5. The van der Waals surface area contributed by atoms with Gasteiger partial charge in [0.1, 0.15) is 16.4 Å². The molecule has 0 aliphatic carbocycles. The standard InChI is InChI=1S/C18H23N5O2S/c24-17(16-12-26-18(22-16)15-9-19-4-5-20-15)21-14-1-6-23(7-2-14)10-13-3-8-25-11-13/h4-5,9,12-14H,1-3,6-8,10-11H2,(H,21,24). The number of hydrogen-bond donors (Lipinski definition) is 1. The number of nitrogens with zero attached hydrogens (tertiary/aromatic N) is 4. The summed E-state index contributed by atoms with van der Waals surface area (Å²) < 4.78 is 5.46. The van der Waals surface area contributed by atoms with Gasteiger partial charge in [-0.3, -0.25) is 14.8 Å². The summed E-state index contributed by atoms with van der Waals surface area (Å²) >= 11 is 1.42. The fraction of sp³-hybridized carbons (Fsp3) is 0.556. The second-order valence-electron chi connectivity index (χ2n) is 6.91. The molecule has 2 aliphatic heterocycles. The van der Waals surface area contributed by atoms with Crippen molar-refractivity contribution < 1.29 is 9.53 Å². The first-order chi connectivity index (χ1) is 12.8. The summed E-state index contributed by atoms with van der Waals surface area (Å²) in [6, 6.07) is 0.222. The van der Waals surface area contributed by atoms with E-state index in [1.807, 2.05) is 0 Å². The zero-order valence-corrected chi connectivity index (χ0v) is 15.5. The normalized spacial score (nSPS) is 21.8. The van der Waals surface area contributed by atoms with Crippen molar-refractivity contribution in [3.63, 3.8) is 0 Å². The minimum absolute atomic E-state index is 0.0981. The van der Waals surface area contributed by atoms with Crippen LogP contribution < -0.4 is 5.32 Å². The summed E-state index contributed by atoms with van der Waals surface area (Å²) in [6.07, 6.45) is 8.06. The largest absolute Gasteiger partial charge is 0.381 e. The zero-order chi connectivity index (χ0) is 17.8. The van der Waals surface area contributed by atoms with Gasteiger partial charge in [0.05, 0.1) is 12.8 Å². The minimum Gasteiger partial charge on any atom is -0.381 e. The van der Waals surface area contributed by atoms with Crippen LogP contribution in [0.2, 0.25) is 0 Å². The Balaban J connectivity index is 1.27. The lowest BCUT2D eigenvalue weighted by atomic mass is 10.0. The molecular weight excluding hydrogens is 350 g/mol. The Hall–Kier alpha value is -1.90. The van der Waals surface area contributed by atoms with Gasteiger partial charge in [-0.05, 0) is 25.2 Å². The van der Waals surface area contributed by atoms with Crippen molar-refractivity contribution in [1.82, 2.24) is 25.2 Å². The number of carbonyl (C=O) groups excluding carboxylic acids is 1. The molecule has 1 N–H and O–H groups in total. The van der Waals surface area contributed by atoms with E-state index < -0.39 is 0 Å². The fourth-order valence-electron chi connectivity index (χ4n) is 3.52. The highest BCUT2D eigenvalue weighted by atomic mass is 32.1. The average molecular weight is 373 g/mol. The van der Waals surface area contributed by atoms with E-state index >= 15 is 0 Å². The Bertz CT molecular complexity index is 724. The van der Waals surface area contributed by atoms with Crippen molar-refractivity contribution in [2.24, 2.45) is 5.92 Å². The third kappa shape index (κ3) is 4.25. The topological polar surface area (TPSA) is 80.2 Å². The lowest BCUT2D eigenvalue weighted by Crippen LogP contribution is -2.45. The van der Waals surface area contributed by atoms with Gasteiger partial charge in [-0.2, -0.15) is 0 Å². The van der Waals surface area contributed by atoms with Crippen molar-refractivity contribution in [3.8, 4) is 10.7 Å². The van der Waals surface area contributed by atoms with E-state index in [-0.39, 0.29) is 11.9 Å². The summed E-state index contributed by atoms with van der Waals surface area (Å²) in [5.41, 5.74) is 1.15. The number of amides is 1. The minimum atomic E-state index is -0.0981. The van der Waals surface area contributed by atoms with Crippen molar-refractivity contribution >= 4 is 17.2 Å². The van der Waals surface area contributed by atoms with Crippen LogP contribution in [-0.4, -0.2) is 64.6 Å². The number of ether oxygens (including phenoxy) is 1. The maximum Gasteiger partial charge on any atom is 0.270 e. The van der Waals surface area contributed by atoms with Crippen LogP contribution in [0.3, 0.4) is 0 Å². The molecule has 0 bridgehead atoms. The molecule has 4 rings (SSSR count). The van der Waals surface area contributed by atoms with Crippen molar-refractivity contribution in [2.45, 2.75) is 25.3 Å². The number of hydrogen-bond acceptors (Lipinski definition) is 7. The van der Waals surface area contributed by atoms with Gasteiger partial charge in [0.2, 0.25) is 0 Å². The van der Waals surface area contributed by atoms with E-state index in [0.29, 0.717) is 17.3 Å². The zero-order valence-electron chi connectivity index (χ0n) is 14.6. The maximum absolute atomic E-state index is 12.5. The summed E-state index contributed by atoms with van der Waals surface area (Å²) in [5, 5.41) is 5.64. The molecule has 0 radical (unpaired) electrons. The summed E-state index contributed by atoms with van der Waals surface area (Å²) in [7, 11) is 0. The second kappa shape index (κ2) is 8.20. The molecule has 2 aromatic heterocycles. The molecule has 4 heterocycles. The molecule has 26 heavy (non-hydrogen) atoms. The van der Waals surface area contributed by atoms with E-state index in [9.17, 15) is 4.79 Å². The highest BCUT2D eigenvalue weighted by Crippen LogP contribution is 2.21. The molecular formula is C18H23N5O2S. The third-order valence-corrected chi connectivity index (χ3v) is 5.85. The van der Waals surface area contributed by atoms with Crippen LogP contribution in [0.15, 0.2) is 24.0 Å². The van der Waals surface area contributed by atoms with Gasteiger partial charge >= 0.3 is 0 Å². The molecule has 1 amide bonds. The number of rotatable bonds is 5. The number of nitrogens with one attached hydrogen (secondary N) is 1. The molecule has 0 saturated carbocycles. The second-order valence-corrected chi connectivity index (χ2v) is 7.76. The molecule has 2 aliphatic rings. The quantitative estimate of drug-likeness (QED) is 0.861. The van der Waals surface area contributed by atoms with Crippen LogP contribution in [0, 0.1) is 5.92 Å². The maximum atomic E-state index is 12.5. The Morgan fingerprint density at radius 2 is 2.19 bits per heavy atom. The van der Waals surface area contributed by atoms with Crippen molar-refractivity contribution in [1.29, 1.82) is 0 Å². The smallest absolute Gasteiger partial charge is 0.270 e. The van der Waals surface area contributed by atoms with Gasteiger partial charge in [-0.1, -0.05) is 0 Å². The Kier molecular flexibility index (Phi) is 5.52. The van der Waals surface area contributed by atoms with Gasteiger partial charge in [-0.25, -0.2) is 4.98 Å². The van der Waals surface area contributed by atoms with Crippen molar-refractivity contribution in [2.75, 3.05) is 32.8 Å². The molecule has 1 unspecified atom stereocenters. The van der Waals surface area contributed by atoms with Crippen LogP contribution >= 0.6 is 11.3 Å². The summed E-state index contributed by atoms with van der Waals surface area (Å²) in [6.45, 7) is 4.98. The molecule has 2 fully saturated rings. The lowest BCUT2D eigenvalue weighted by Gasteiger charge is -2.33. The van der Waals surface area contributed by atoms with Gasteiger partial charge in [0.25, 0.3) is 5.91 Å². The Morgan fingerprint density at radius 1 is 1.31 bits per heavy atom. The molecule has 7 nitrogen and oxygen atoms in total. The molecule has 138 valence electrons. The monoisotopic (exact) mass is 373 g/mol. The molecule has 2 saturated heterocycles. The van der Waals surface area contributed by atoms with E-state index in [1.54, 1.807) is 24.0 Å². The predicted molar refractivity (Wildman–Crippen MR) is 99.0 cm³/mol. The molecule has 8 heteroatoms. The van der Waals surface area contributed by atoms with Crippen LogP contribution in [0.4, 0.5) is 0 Å². The number of thiazole rings is 1. The molecule has 2 aromatic rings. The highest BCUT2D eigenvalue weighted by Gasteiger charge is 2.25.